The number of rotatable bonds is 8. The summed E-state index contributed by atoms with van der Waals surface area (Å²) in [6.07, 6.45) is 3.56. The van der Waals surface area contributed by atoms with E-state index in [9.17, 15) is 4.79 Å². The summed E-state index contributed by atoms with van der Waals surface area (Å²) >= 11 is 0. The summed E-state index contributed by atoms with van der Waals surface area (Å²) in [6.45, 7) is 3.46. The molecule has 0 unspecified atom stereocenters. The third-order valence-corrected chi connectivity index (χ3v) is 3.47. The van der Waals surface area contributed by atoms with Crippen LogP contribution in [0.1, 0.15) is 12.5 Å². The van der Waals surface area contributed by atoms with Gasteiger partial charge in [0.1, 0.15) is 5.75 Å². The number of ether oxygens (including phenoxy) is 1. The topological polar surface area (TPSA) is 32.8 Å². The average Bonchev–Trinajstić information content (AvgIpc) is 2.43. The predicted molar refractivity (Wildman–Crippen MR) is 92.3 cm³/mol. The zero-order chi connectivity index (χ0) is 16.8. The lowest BCUT2D eigenvalue weighted by atomic mass is 9.84. The van der Waals surface area contributed by atoms with E-state index in [-0.39, 0.29) is 5.78 Å². The Morgan fingerprint density at radius 2 is 1.59 bits per heavy atom. The first-order chi connectivity index (χ1) is 10.3. The number of carbonyl (C=O) groups is 1. The van der Waals surface area contributed by atoms with Crippen LogP contribution in [0.15, 0.2) is 30.3 Å². The van der Waals surface area contributed by atoms with Crippen LogP contribution in [0.2, 0.25) is 0 Å². The molecule has 0 bridgehead atoms. The summed E-state index contributed by atoms with van der Waals surface area (Å²) < 4.78 is 5.13. The molecular formula is C18H28N2O2. The van der Waals surface area contributed by atoms with Crippen molar-refractivity contribution >= 4 is 11.9 Å². The Hall–Kier alpha value is -1.65. The summed E-state index contributed by atoms with van der Waals surface area (Å²) in [7, 11) is 9.62. The van der Waals surface area contributed by atoms with Crippen LogP contribution in [-0.2, 0) is 4.79 Å². The van der Waals surface area contributed by atoms with Crippen molar-refractivity contribution in [3.8, 4) is 5.75 Å². The van der Waals surface area contributed by atoms with Gasteiger partial charge < -0.3 is 14.5 Å². The highest BCUT2D eigenvalue weighted by Gasteiger charge is 2.32. The molecule has 0 radical (unpaired) electrons. The van der Waals surface area contributed by atoms with Gasteiger partial charge in [-0.3, -0.25) is 4.79 Å². The second kappa shape index (κ2) is 8.11. The van der Waals surface area contributed by atoms with E-state index in [2.05, 4.69) is 9.80 Å². The second-order valence-corrected chi connectivity index (χ2v) is 6.51. The Balaban J connectivity index is 2.86. The molecule has 1 aromatic carbocycles. The van der Waals surface area contributed by atoms with Crippen molar-refractivity contribution in [3.05, 3.63) is 35.9 Å². The van der Waals surface area contributed by atoms with Gasteiger partial charge in [0.05, 0.1) is 12.5 Å². The van der Waals surface area contributed by atoms with Gasteiger partial charge in [0, 0.05) is 13.1 Å². The quantitative estimate of drug-likeness (QED) is 0.691. The molecule has 0 aliphatic rings. The van der Waals surface area contributed by atoms with Crippen molar-refractivity contribution in [3.63, 3.8) is 0 Å². The molecule has 122 valence electrons. The van der Waals surface area contributed by atoms with Crippen LogP contribution in [0.25, 0.3) is 6.08 Å². The highest BCUT2D eigenvalue weighted by molar-refractivity contribution is 5.98. The van der Waals surface area contributed by atoms with Gasteiger partial charge in [-0.1, -0.05) is 18.2 Å². The van der Waals surface area contributed by atoms with E-state index in [0.29, 0.717) is 0 Å². The van der Waals surface area contributed by atoms with Crippen molar-refractivity contribution in [2.45, 2.75) is 6.92 Å². The van der Waals surface area contributed by atoms with Crippen LogP contribution in [-0.4, -0.2) is 64.0 Å². The molecule has 0 aromatic heterocycles. The maximum Gasteiger partial charge on any atom is 0.164 e. The monoisotopic (exact) mass is 304 g/mol. The molecule has 22 heavy (non-hydrogen) atoms. The number of ketones is 1. The second-order valence-electron chi connectivity index (χ2n) is 6.51. The Bertz CT molecular complexity index is 494. The van der Waals surface area contributed by atoms with Crippen LogP contribution in [0.3, 0.4) is 0 Å². The molecule has 0 aliphatic heterocycles. The van der Waals surface area contributed by atoms with Gasteiger partial charge in [0.25, 0.3) is 0 Å². The molecule has 0 saturated carbocycles. The minimum Gasteiger partial charge on any atom is -0.497 e. The van der Waals surface area contributed by atoms with E-state index in [4.69, 9.17) is 4.74 Å². The normalized spacial score (nSPS) is 12.4. The van der Waals surface area contributed by atoms with Crippen molar-refractivity contribution in [1.29, 1.82) is 0 Å². The van der Waals surface area contributed by atoms with Gasteiger partial charge in [0.15, 0.2) is 5.78 Å². The lowest BCUT2D eigenvalue weighted by molar-refractivity contribution is -0.124. The minimum absolute atomic E-state index is 0.144. The highest BCUT2D eigenvalue weighted by atomic mass is 16.5. The Labute approximate surface area is 134 Å². The molecule has 1 rings (SSSR count). The van der Waals surface area contributed by atoms with Gasteiger partial charge in [-0.2, -0.15) is 0 Å². The van der Waals surface area contributed by atoms with Gasteiger partial charge in [-0.05, 0) is 58.9 Å². The summed E-state index contributed by atoms with van der Waals surface area (Å²) in [5, 5.41) is 0. The first-order valence-electron chi connectivity index (χ1n) is 7.43. The fourth-order valence-electron chi connectivity index (χ4n) is 2.69. The van der Waals surface area contributed by atoms with Gasteiger partial charge in [-0.25, -0.2) is 0 Å². The van der Waals surface area contributed by atoms with Gasteiger partial charge >= 0.3 is 0 Å². The van der Waals surface area contributed by atoms with E-state index < -0.39 is 5.41 Å². The largest absolute Gasteiger partial charge is 0.497 e. The Morgan fingerprint density at radius 1 is 1.09 bits per heavy atom. The van der Waals surface area contributed by atoms with Crippen LogP contribution < -0.4 is 4.74 Å². The van der Waals surface area contributed by atoms with Crippen molar-refractivity contribution in [1.82, 2.24) is 9.80 Å². The summed E-state index contributed by atoms with van der Waals surface area (Å²) in [5.41, 5.74) is 0.571. The average molecular weight is 304 g/mol. The van der Waals surface area contributed by atoms with Crippen molar-refractivity contribution in [2.75, 3.05) is 48.4 Å². The van der Waals surface area contributed by atoms with E-state index >= 15 is 0 Å². The lowest BCUT2D eigenvalue weighted by Crippen LogP contribution is -2.44. The molecule has 4 heteroatoms. The smallest absolute Gasteiger partial charge is 0.164 e. The third-order valence-electron chi connectivity index (χ3n) is 3.47. The summed E-state index contributed by atoms with van der Waals surface area (Å²) in [4.78, 5) is 16.8. The van der Waals surface area contributed by atoms with Gasteiger partial charge in [0.2, 0.25) is 0 Å². The van der Waals surface area contributed by atoms with E-state index in [1.165, 1.54) is 0 Å². The van der Waals surface area contributed by atoms with Crippen LogP contribution >= 0.6 is 0 Å². The van der Waals surface area contributed by atoms with Crippen LogP contribution in [0.4, 0.5) is 0 Å². The van der Waals surface area contributed by atoms with Crippen LogP contribution in [0.5, 0.6) is 5.75 Å². The number of benzene rings is 1. The number of hydrogen-bond donors (Lipinski definition) is 0. The molecule has 0 N–H and O–H groups in total. The Kier molecular flexibility index (Phi) is 6.78. The maximum atomic E-state index is 12.7. The predicted octanol–water partition coefficient (Wildman–Crippen LogP) is 2.41. The molecule has 0 amide bonds. The molecule has 0 atom stereocenters. The zero-order valence-corrected chi connectivity index (χ0v) is 14.6. The van der Waals surface area contributed by atoms with Gasteiger partial charge in [-0.15, -0.1) is 0 Å². The standard InChI is InChI=1S/C18H28N2O2/c1-18(13-19(2)3,14-20(4)5)17(21)12-9-15-7-10-16(22-6)11-8-15/h7-12H,13-14H2,1-6H3/b12-9+. The molecule has 1 aromatic rings. The number of carbonyl (C=O) groups excluding carboxylic acids is 1. The van der Waals surface area contributed by atoms with Crippen LogP contribution in [0, 0.1) is 5.41 Å². The summed E-state index contributed by atoms with van der Waals surface area (Å²) in [6, 6.07) is 7.67. The number of nitrogens with zero attached hydrogens (tertiary/aromatic N) is 2. The van der Waals surface area contributed by atoms with E-state index in [0.717, 1.165) is 24.4 Å². The van der Waals surface area contributed by atoms with Crippen molar-refractivity contribution < 1.29 is 9.53 Å². The zero-order valence-electron chi connectivity index (χ0n) is 14.6. The lowest BCUT2D eigenvalue weighted by Gasteiger charge is -2.32. The van der Waals surface area contributed by atoms with E-state index in [1.54, 1.807) is 13.2 Å². The highest BCUT2D eigenvalue weighted by Crippen LogP contribution is 2.21. The molecule has 0 fully saturated rings. The third kappa shape index (κ3) is 5.62. The van der Waals surface area contributed by atoms with E-state index in [1.807, 2.05) is 65.5 Å². The van der Waals surface area contributed by atoms with Crippen molar-refractivity contribution in [2.24, 2.45) is 5.41 Å². The number of allylic oxidation sites excluding steroid dienone is 1. The molecular weight excluding hydrogens is 276 g/mol. The molecule has 0 heterocycles. The fraction of sp³-hybridized carbons (Fsp3) is 0.500. The molecule has 0 spiro atoms. The first kappa shape index (κ1) is 18.4. The molecule has 0 saturated heterocycles. The minimum atomic E-state index is -0.421. The number of methoxy groups -OCH3 is 1. The maximum absolute atomic E-state index is 12.7. The SMILES string of the molecule is COc1ccc(/C=C/C(=O)C(C)(CN(C)C)CN(C)C)cc1. The molecule has 0 aliphatic carbocycles. The molecule has 4 nitrogen and oxygen atoms in total. The number of hydrogen-bond acceptors (Lipinski definition) is 4. The fourth-order valence-corrected chi connectivity index (χ4v) is 2.69. The summed E-state index contributed by atoms with van der Waals surface area (Å²) in [5.74, 6) is 0.958. The first-order valence-corrected chi connectivity index (χ1v) is 7.43. The Morgan fingerprint density at radius 3 is 2.00 bits per heavy atom.